The number of benzene rings is 1. The third-order valence-electron chi connectivity index (χ3n) is 3.29. The van der Waals surface area contributed by atoms with Crippen LogP contribution in [0.25, 0.3) is 0 Å². The highest BCUT2D eigenvalue weighted by atomic mass is 32.2. The van der Waals surface area contributed by atoms with Gasteiger partial charge < -0.3 is 0 Å². The highest BCUT2D eigenvalue weighted by Gasteiger charge is 2.36. The summed E-state index contributed by atoms with van der Waals surface area (Å²) in [4.78, 5) is 0. The number of piperidine rings is 1. The molecule has 0 radical (unpaired) electrons. The Balaban J connectivity index is 1.92. The van der Waals surface area contributed by atoms with Crippen LogP contribution in [0.5, 0.6) is 0 Å². The van der Waals surface area contributed by atoms with E-state index in [1.54, 1.807) is 30.3 Å². The minimum absolute atomic E-state index is 0.0491. The smallest absolute Gasteiger partial charge is 0.288 e. The van der Waals surface area contributed by atoms with Crippen LogP contribution in [0.15, 0.2) is 30.3 Å². The highest BCUT2D eigenvalue weighted by molar-refractivity contribution is 7.88. The lowest BCUT2D eigenvalue weighted by Crippen LogP contribution is -2.42. The maximum absolute atomic E-state index is 12.2. The molecule has 0 aliphatic carbocycles. The van der Waals surface area contributed by atoms with Crippen LogP contribution in [0.2, 0.25) is 0 Å². The first-order valence-electron chi connectivity index (χ1n) is 6.52. The zero-order valence-electron chi connectivity index (χ0n) is 11.2. The van der Waals surface area contributed by atoms with Gasteiger partial charge in [-0.25, -0.2) is 12.7 Å². The molecule has 0 spiro atoms. The first-order chi connectivity index (χ1) is 9.76. The minimum atomic E-state index is -4.67. The summed E-state index contributed by atoms with van der Waals surface area (Å²) in [5.41, 5.74) is 0.658. The van der Waals surface area contributed by atoms with Gasteiger partial charge in [-0.3, -0.25) is 4.74 Å². The molecule has 1 fully saturated rings. The Morgan fingerprint density at radius 2 is 1.71 bits per heavy atom. The molecule has 0 saturated carbocycles. The Bertz CT molecular complexity index is 552. The van der Waals surface area contributed by atoms with Gasteiger partial charge in [-0.05, 0) is 18.4 Å². The Kier molecular flexibility index (Phi) is 4.90. The SMILES string of the molecule is O=S(=O)(Cc1ccccc1)N1CCC(OC(F)(F)F)CC1. The van der Waals surface area contributed by atoms with Crippen molar-refractivity contribution >= 4 is 10.0 Å². The molecule has 0 N–H and O–H groups in total. The molecule has 21 heavy (non-hydrogen) atoms. The standard InChI is InChI=1S/C13H16F3NO3S/c14-13(15,16)20-12-6-8-17(9-7-12)21(18,19)10-11-4-2-1-3-5-11/h1-5,12H,6-10H2. The van der Waals surface area contributed by atoms with Crippen LogP contribution < -0.4 is 0 Å². The second kappa shape index (κ2) is 6.33. The predicted octanol–water partition coefficient (Wildman–Crippen LogP) is 2.52. The lowest BCUT2D eigenvalue weighted by Gasteiger charge is -2.31. The molecule has 4 nitrogen and oxygen atoms in total. The van der Waals surface area contributed by atoms with E-state index in [-0.39, 0.29) is 31.7 Å². The van der Waals surface area contributed by atoms with Crippen molar-refractivity contribution in [3.8, 4) is 0 Å². The van der Waals surface area contributed by atoms with Gasteiger partial charge in [0.2, 0.25) is 10.0 Å². The van der Waals surface area contributed by atoms with Crippen molar-refractivity contribution in [2.75, 3.05) is 13.1 Å². The summed E-state index contributed by atoms with van der Waals surface area (Å²) in [6.45, 7) is 0.103. The third kappa shape index (κ3) is 4.98. The second-order valence-corrected chi connectivity index (χ2v) is 6.87. The normalized spacial score (nSPS) is 18.8. The van der Waals surface area contributed by atoms with E-state index in [1.165, 1.54) is 4.31 Å². The van der Waals surface area contributed by atoms with Crippen LogP contribution in [-0.4, -0.2) is 38.3 Å². The number of halogens is 3. The lowest BCUT2D eigenvalue weighted by molar-refractivity contribution is -0.345. The molecule has 1 heterocycles. The van der Waals surface area contributed by atoms with Gasteiger partial charge in [-0.15, -0.1) is 13.2 Å². The maximum Gasteiger partial charge on any atom is 0.522 e. The average molecular weight is 323 g/mol. The Morgan fingerprint density at radius 3 is 2.24 bits per heavy atom. The fraction of sp³-hybridized carbons (Fsp3) is 0.538. The molecule has 1 aromatic carbocycles. The number of nitrogens with zero attached hydrogens (tertiary/aromatic N) is 1. The van der Waals surface area contributed by atoms with Gasteiger partial charge in [-0.2, -0.15) is 0 Å². The van der Waals surface area contributed by atoms with E-state index in [0.29, 0.717) is 5.56 Å². The van der Waals surface area contributed by atoms with Crippen LogP contribution >= 0.6 is 0 Å². The summed E-state index contributed by atoms with van der Waals surface area (Å²) in [6.07, 6.45) is -5.54. The highest BCUT2D eigenvalue weighted by Crippen LogP contribution is 2.26. The van der Waals surface area contributed by atoms with Gasteiger partial charge in [0, 0.05) is 13.1 Å². The van der Waals surface area contributed by atoms with Crippen LogP contribution in [0.3, 0.4) is 0 Å². The van der Waals surface area contributed by atoms with Crippen molar-refractivity contribution in [3.05, 3.63) is 35.9 Å². The fourth-order valence-corrected chi connectivity index (χ4v) is 3.86. The van der Waals surface area contributed by atoms with E-state index in [0.717, 1.165) is 0 Å². The van der Waals surface area contributed by atoms with E-state index < -0.39 is 22.5 Å². The molecule has 1 aromatic rings. The van der Waals surface area contributed by atoms with Gasteiger partial charge in [0.15, 0.2) is 0 Å². The number of sulfonamides is 1. The fourth-order valence-electron chi connectivity index (χ4n) is 2.29. The molecule has 0 atom stereocenters. The number of rotatable bonds is 4. The molecular weight excluding hydrogens is 307 g/mol. The first kappa shape index (κ1) is 16.3. The Hall–Kier alpha value is -1.12. The molecule has 118 valence electrons. The van der Waals surface area contributed by atoms with Gasteiger partial charge in [-0.1, -0.05) is 30.3 Å². The summed E-state index contributed by atoms with van der Waals surface area (Å²) in [5, 5.41) is 0. The summed E-state index contributed by atoms with van der Waals surface area (Å²) >= 11 is 0. The third-order valence-corrected chi connectivity index (χ3v) is 5.14. The van der Waals surface area contributed by atoms with Gasteiger partial charge in [0.25, 0.3) is 0 Å². The molecule has 0 unspecified atom stereocenters. The molecule has 8 heteroatoms. The average Bonchev–Trinajstić information content (AvgIpc) is 2.38. The summed E-state index contributed by atoms with van der Waals surface area (Å²) in [5.74, 6) is -0.140. The summed E-state index contributed by atoms with van der Waals surface area (Å²) in [7, 11) is -3.51. The summed E-state index contributed by atoms with van der Waals surface area (Å²) < 4.78 is 65.9. The molecule has 0 amide bonds. The molecule has 1 aliphatic heterocycles. The van der Waals surface area contributed by atoms with Crippen LogP contribution in [0.4, 0.5) is 13.2 Å². The topological polar surface area (TPSA) is 46.6 Å². The monoisotopic (exact) mass is 323 g/mol. The molecular formula is C13H16F3NO3S. The van der Waals surface area contributed by atoms with Gasteiger partial charge in [0.1, 0.15) is 0 Å². The maximum atomic E-state index is 12.2. The lowest BCUT2D eigenvalue weighted by atomic mass is 10.1. The Morgan fingerprint density at radius 1 is 1.14 bits per heavy atom. The zero-order valence-corrected chi connectivity index (χ0v) is 12.0. The van der Waals surface area contributed by atoms with E-state index >= 15 is 0 Å². The number of hydrogen-bond acceptors (Lipinski definition) is 3. The molecule has 1 aliphatic rings. The van der Waals surface area contributed by atoms with Gasteiger partial charge in [0.05, 0.1) is 11.9 Å². The van der Waals surface area contributed by atoms with Crippen LogP contribution in [0, 0.1) is 0 Å². The molecule has 0 bridgehead atoms. The van der Waals surface area contributed by atoms with Crippen molar-refractivity contribution in [1.29, 1.82) is 0 Å². The van der Waals surface area contributed by atoms with Crippen molar-refractivity contribution in [2.24, 2.45) is 0 Å². The van der Waals surface area contributed by atoms with Crippen molar-refractivity contribution in [2.45, 2.75) is 31.1 Å². The van der Waals surface area contributed by atoms with Gasteiger partial charge >= 0.3 is 6.36 Å². The van der Waals surface area contributed by atoms with Crippen molar-refractivity contribution < 1.29 is 26.3 Å². The van der Waals surface area contributed by atoms with Crippen LogP contribution in [-0.2, 0) is 20.5 Å². The number of ether oxygens (including phenoxy) is 1. The number of hydrogen-bond donors (Lipinski definition) is 0. The van der Waals surface area contributed by atoms with E-state index in [1.807, 2.05) is 0 Å². The number of alkyl halides is 3. The predicted molar refractivity (Wildman–Crippen MR) is 70.8 cm³/mol. The minimum Gasteiger partial charge on any atom is -0.288 e. The Labute approximate surface area is 121 Å². The molecule has 0 aromatic heterocycles. The van der Waals surface area contributed by atoms with E-state index in [9.17, 15) is 21.6 Å². The molecule has 2 rings (SSSR count). The van der Waals surface area contributed by atoms with Crippen molar-refractivity contribution in [3.63, 3.8) is 0 Å². The zero-order chi connectivity index (χ0) is 15.5. The second-order valence-electron chi connectivity index (χ2n) is 4.90. The first-order valence-corrected chi connectivity index (χ1v) is 8.13. The summed E-state index contributed by atoms with van der Waals surface area (Å²) in [6, 6.07) is 8.69. The van der Waals surface area contributed by atoms with E-state index in [2.05, 4.69) is 4.74 Å². The van der Waals surface area contributed by atoms with Crippen molar-refractivity contribution in [1.82, 2.24) is 4.31 Å². The van der Waals surface area contributed by atoms with Crippen LogP contribution in [0.1, 0.15) is 18.4 Å². The quantitative estimate of drug-likeness (QED) is 0.855. The van der Waals surface area contributed by atoms with E-state index in [4.69, 9.17) is 0 Å². The largest absolute Gasteiger partial charge is 0.522 e. The molecule has 1 saturated heterocycles.